The van der Waals surface area contributed by atoms with Gasteiger partial charge < -0.3 is 14.7 Å². The van der Waals surface area contributed by atoms with Crippen LogP contribution in [-0.2, 0) is 14.3 Å². The predicted octanol–water partition coefficient (Wildman–Crippen LogP) is 1.14. The van der Waals surface area contributed by atoms with Gasteiger partial charge >= 0.3 is 5.97 Å². The van der Waals surface area contributed by atoms with Crippen molar-refractivity contribution in [3.8, 4) is 0 Å². The SMILES string of the molecule is O=C(O)/C=C/C(=O)N(CC1CCCO1)C1CCSC1. The summed E-state index contributed by atoms with van der Waals surface area (Å²) >= 11 is 1.84. The van der Waals surface area contributed by atoms with Gasteiger partial charge in [-0.2, -0.15) is 11.8 Å². The van der Waals surface area contributed by atoms with Crippen molar-refractivity contribution in [1.82, 2.24) is 4.90 Å². The lowest BCUT2D eigenvalue weighted by Crippen LogP contribution is -2.44. The Hall–Kier alpha value is -1.01. The van der Waals surface area contributed by atoms with E-state index in [4.69, 9.17) is 9.84 Å². The molecule has 0 aromatic heterocycles. The fourth-order valence-electron chi connectivity index (χ4n) is 2.43. The molecule has 0 aromatic rings. The van der Waals surface area contributed by atoms with E-state index in [1.165, 1.54) is 0 Å². The van der Waals surface area contributed by atoms with E-state index in [9.17, 15) is 9.59 Å². The molecule has 6 heteroatoms. The molecule has 0 aliphatic carbocycles. The van der Waals surface area contributed by atoms with Crippen molar-refractivity contribution in [3.05, 3.63) is 12.2 Å². The van der Waals surface area contributed by atoms with Gasteiger partial charge in [0.1, 0.15) is 0 Å². The number of hydrogen-bond acceptors (Lipinski definition) is 4. The van der Waals surface area contributed by atoms with E-state index in [2.05, 4.69) is 0 Å². The summed E-state index contributed by atoms with van der Waals surface area (Å²) in [6, 6.07) is 0.208. The van der Waals surface area contributed by atoms with Gasteiger partial charge in [-0.3, -0.25) is 4.79 Å². The number of aliphatic carboxylic acids is 1. The summed E-state index contributed by atoms with van der Waals surface area (Å²) < 4.78 is 5.58. The first kappa shape index (κ1) is 14.4. The minimum Gasteiger partial charge on any atom is -0.478 e. The summed E-state index contributed by atoms with van der Waals surface area (Å²) in [6.45, 7) is 1.34. The molecule has 2 rings (SSSR count). The quantitative estimate of drug-likeness (QED) is 0.767. The van der Waals surface area contributed by atoms with Crippen molar-refractivity contribution >= 4 is 23.6 Å². The molecule has 2 aliphatic rings. The molecule has 0 bridgehead atoms. The van der Waals surface area contributed by atoms with E-state index in [-0.39, 0.29) is 18.1 Å². The van der Waals surface area contributed by atoms with Gasteiger partial charge in [0.2, 0.25) is 5.91 Å². The first-order valence-corrected chi connectivity index (χ1v) is 7.73. The van der Waals surface area contributed by atoms with Crippen molar-refractivity contribution in [1.29, 1.82) is 0 Å². The van der Waals surface area contributed by atoms with E-state index in [1.54, 1.807) is 4.90 Å². The number of amides is 1. The number of carbonyl (C=O) groups is 2. The molecule has 0 radical (unpaired) electrons. The molecule has 2 unspecified atom stereocenters. The highest BCUT2D eigenvalue weighted by atomic mass is 32.2. The summed E-state index contributed by atoms with van der Waals surface area (Å²) in [6.07, 6.45) is 5.16. The third-order valence-corrected chi connectivity index (χ3v) is 4.57. The van der Waals surface area contributed by atoms with Crippen LogP contribution in [0.25, 0.3) is 0 Å². The van der Waals surface area contributed by atoms with Crippen LogP contribution in [0.3, 0.4) is 0 Å². The van der Waals surface area contributed by atoms with Crippen molar-refractivity contribution in [2.75, 3.05) is 24.7 Å². The van der Waals surface area contributed by atoms with E-state index >= 15 is 0 Å². The Labute approximate surface area is 117 Å². The van der Waals surface area contributed by atoms with E-state index in [0.29, 0.717) is 6.54 Å². The topological polar surface area (TPSA) is 66.8 Å². The molecule has 5 nitrogen and oxygen atoms in total. The fourth-order valence-corrected chi connectivity index (χ4v) is 3.66. The van der Waals surface area contributed by atoms with Crippen molar-refractivity contribution in [3.63, 3.8) is 0 Å². The third kappa shape index (κ3) is 4.24. The maximum atomic E-state index is 12.1. The average molecular weight is 285 g/mol. The summed E-state index contributed by atoms with van der Waals surface area (Å²) in [4.78, 5) is 24.4. The molecule has 2 aliphatic heterocycles. The zero-order chi connectivity index (χ0) is 13.7. The lowest BCUT2D eigenvalue weighted by atomic mass is 10.1. The molecule has 2 atom stereocenters. The summed E-state index contributed by atoms with van der Waals surface area (Å²) in [7, 11) is 0. The number of nitrogens with zero attached hydrogens (tertiary/aromatic N) is 1. The van der Waals surface area contributed by atoms with E-state index in [0.717, 1.165) is 49.5 Å². The molecule has 0 aromatic carbocycles. The largest absolute Gasteiger partial charge is 0.478 e. The molecule has 0 spiro atoms. The number of rotatable bonds is 5. The van der Waals surface area contributed by atoms with Crippen LogP contribution in [0.15, 0.2) is 12.2 Å². The zero-order valence-electron chi connectivity index (χ0n) is 10.8. The van der Waals surface area contributed by atoms with Crippen molar-refractivity contribution < 1.29 is 19.4 Å². The van der Waals surface area contributed by atoms with Crippen molar-refractivity contribution in [2.24, 2.45) is 0 Å². The van der Waals surface area contributed by atoms with Gasteiger partial charge in [-0.25, -0.2) is 4.79 Å². The standard InChI is InChI=1S/C13H19NO4S/c15-12(3-4-13(16)17)14(10-5-7-19-9-10)8-11-2-1-6-18-11/h3-4,10-11H,1-2,5-9H2,(H,16,17)/b4-3+. The van der Waals surface area contributed by atoms with Crippen LogP contribution >= 0.6 is 11.8 Å². The predicted molar refractivity (Wildman–Crippen MR) is 73.2 cm³/mol. The first-order valence-electron chi connectivity index (χ1n) is 6.58. The highest BCUT2D eigenvalue weighted by Crippen LogP contribution is 2.24. The second-order valence-corrected chi connectivity index (χ2v) is 5.96. The fraction of sp³-hybridized carbons (Fsp3) is 0.692. The zero-order valence-corrected chi connectivity index (χ0v) is 11.6. The normalized spacial score (nSPS) is 26.9. The van der Waals surface area contributed by atoms with Gasteiger partial charge in [-0.1, -0.05) is 0 Å². The highest BCUT2D eigenvalue weighted by molar-refractivity contribution is 7.99. The molecule has 1 N–H and O–H groups in total. The Bertz CT molecular complexity index is 360. The minimum atomic E-state index is -1.09. The van der Waals surface area contributed by atoms with Crippen LogP contribution in [0.1, 0.15) is 19.3 Å². The number of hydrogen-bond donors (Lipinski definition) is 1. The van der Waals surface area contributed by atoms with Gasteiger partial charge in [-0.05, 0) is 25.0 Å². The average Bonchev–Trinajstić information content (AvgIpc) is 3.05. The van der Waals surface area contributed by atoms with Gasteiger partial charge in [0, 0.05) is 37.1 Å². The molecule has 19 heavy (non-hydrogen) atoms. The van der Waals surface area contributed by atoms with Gasteiger partial charge in [0.15, 0.2) is 0 Å². The van der Waals surface area contributed by atoms with Gasteiger partial charge in [-0.15, -0.1) is 0 Å². The Kier molecular flexibility index (Phi) is 5.27. The van der Waals surface area contributed by atoms with Gasteiger partial charge in [0.25, 0.3) is 0 Å². The summed E-state index contributed by atoms with van der Waals surface area (Å²) in [5.74, 6) is 0.679. The molecule has 0 saturated carbocycles. The number of carboxylic acids is 1. The number of ether oxygens (including phenoxy) is 1. The second-order valence-electron chi connectivity index (χ2n) is 4.81. The highest BCUT2D eigenvalue weighted by Gasteiger charge is 2.29. The number of thioether (sulfide) groups is 1. The second kappa shape index (κ2) is 6.96. The van der Waals surface area contributed by atoms with Crippen LogP contribution in [0.2, 0.25) is 0 Å². The molecule has 2 saturated heterocycles. The molecule has 1 amide bonds. The summed E-state index contributed by atoms with van der Waals surface area (Å²) in [5, 5.41) is 8.61. The van der Waals surface area contributed by atoms with Crippen LogP contribution in [0.5, 0.6) is 0 Å². The first-order chi connectivity index (χ1) is 9.16. The number of carbonyl (C=O) groups excluding carboxylic acids is 1. The maximum Gasteiger partial charge on any atom is 0.328 e. The Morgan fingerprint density at radius 1 is 1.37 bits per heavy atom. The van der Waals surface area contributed by atoms with E-state index in [1.807, 2.05) is 11.8 Å². The lowest BCUT2D eigenvalue weighted by molar-refractivity contribution is -0.133. The van der Waals surface area contributed by atoms with Gasteiger partial charge in [0.05, 0.1) is 6.10 Å². The maximum absolute atomic E-state index is 12.1. The van der Waals surface area contributed by atoms with E-state index < -0.39 is 5.97 Å². The van der Waals surface area contributed by atoms with Crippen molar-refractivity contribution in [2.45, 2.75) is 31.4 Å². The Morgan fingerprint density at radius 3 is 2.79 bits per heavy atom. The van der Waals surface area contributed by atoms with Crippen LogP contribution < -0.4 is 0 Å². The lowest BCUT2D eigenvalue weighted by Gasteiger charge is -2.29. The third-order valence-electron chi connectivity index (χ3n) is 3.42. The smallest absolute Gasteiger partial charge is 0.328 e. The molecule has 106 valence electrons. The Morgan fingerprint density at radius 2 is 2.21 bits per heavy atom. The Balaban J connectivity index is 1.99. The molecular formula is C13H19NO4S. The number of carboxylic acid groups (broad SMARTS) is 1. The molecule has 2 heterocycles. The minimum absolute atomic E-state index is 0.104. The van der Waals surface area contributed by atoms with Crippen LogP contribution in [0.4, 0.5) is 0 Å². The summed E-state index contributed by atoms with van der Waals surface area (Å²) in [5.41, 5.74) is 0. The van der Waals surface area contributed by atoms with Crippen LogP contribution in [-0.4, -0.2) is 58.7 Å². The van der Waals surface area contributed by atoms with Crippen LogP contribution in [0, 0.1) is 0 Å². The monoisotopic (exact) mass is 285 g/mol. The molecule has 2 fully saturated rings. The molecular weight excluding hydrogens is 266 g/mol.